The number of rotatable bonds is 1. The van der Waals surface area contributed by atoms with Crippen molar-refractivity contribution in [1.29, 1.82) is 0 Å². The van der Waals surface area contributed by atoms with Gasteiger partial charge in [-0.1, -0.05) is 13.0 Å². The average Bonchev–Trinajstić information content (AvgIpc) is 2.90. The highest BCUT2D eigenvalue weighted by molar-refractivity contribution is 5.42. The standard InChI is InChI=1S/C16H20O3/c1-9-8-18-12-7-10-5-4-6-11-15(17-3)19-14(13(9)12)16(10,11)2/h6,8,10,14-15H,4-5,7H2,1-3H3/t10-,14+,15-,16+/m1/s1. The minimum atomic E-state index is -0.182. The molecule has 0 N–H and O–H groups in total. The molecule has 19 heavy (non-hydrogen) atoms. The maximum absolute atomic E-state index is 6.25. The highest BCUT2D eigenvalue weighted by Gasteiger charge is 2.59. The summed E-state index contributed by atoms with van der Waals surface area (Å²) in [6.45, 7) is 4.46. The molecule has 1 saturated heterocycles. The predicted octanol–water partition coefficient (Wildman–Crippen LogP) is 3.53. The van der Waals surface area contributed by atoms with E-state index in [1.807, 2.05) is 6.26 Å². The van der Waals surface area contributed by atoms with E-state index >= 15 is 0 Å². The van der Waals surface area contributed by atoms with Gasteiger partial charge in [-0.05, 0) is 36.8 Å². The van der Waals surface area contributed by atoms with Crippen LogP contribution >= 0.6 is 0 Å². The van der Waals surface area contributed by atoms with Gasteiger partial charge in [0.2, 0.25) is 0 Å². The third-order valence-corrected chi connectivity index (χ3v) is 5.42. The van der Waals surface area contributed by atoms with Crippen molar-refractivity contribution in [2.24, 2.45) is 11.3 Å². The molecule has 0 bridgehead atoms. The molecule has 2 aliphatic carbocycles. The van der Waals surface area contributed by atoms with Gasteiger partial charge < -0.3 is 13.9 Å². The van der Waals surface area contributed by atoms with Crippen LogP contribution in [-0.4, -0.2) is 13.4 Å². The zero-order valence-corrected chi connectivity index (χ0v) is 11.7. The summed E-state index contributed by atoms with van der Waals surface area (Å²) < 4.78 is 17.6. The van der Waals surface area contributed by atoms with Crippen LogP contribution in [0.5, 0.6) is 0 Å². The molecule has 0 aromatic carbocycles. The Kier molecular flexibility index (Phi) is 2.31. The Morgan fingerprint density at radius 3 is 3.05 bits per heavy atom. The van der Waals surface area contributed by atoms with E-state index in [1.54, 1.807) is 7.11 Å². The third kappa shape index (κ3) is 1.30. The fourth-order valence-electron chi connectivity index (χ4n) is 4.36. The average molecular weight is 260 g/mol. The van der Waals surface area contributed by atoms with Crippen molar-refractivity contribution in [3.63, 3.8) is 0 Å². The number of ether oxygens (including phenoxy) is 2. The van der Waals surface area contributed by atoms with E-state index in [4.69, 9.17) is 13.9 Å². The van der Waals surface area contributed by atoms with E-state index in [0.717, 1.165) is 18.6 Å². The summed E-state index contributed by atoms with van der Waals surface area (Å²) in [5.41, 5.74) is 3.91. The Morgan fingerprint density at radius 2 is 2.26 bits per heavy atom. The molecule has 0 spiro atoms. The number of allylic oxidation sites excluding steroid dienone is 1. The molecule has 2 heterocycles. The van der Waals surface area contributed by atoms with Crippen molar-refractivity contribution in [3.8, 4) is 0 Å². The van der Waals surface area contributed by atoms with Gasteiger partial charge >= 0.3 is 0 Å². The third-order valence-electron chi connectivity index (χ3n) is 5.42. The van der Waals surface area contributed by atoms with E-state index in [9.17, 15) is 0 Å². The number of methoxy groups -OCH3 is 1. The number of fused-ring (bicyclic) bond motifs is 2. The molecule has 1 aromatic heterocycles. The van der Waals surface area contributed by atoms with E-state index in [2.05, 4.69) is 19.9 Å². The maximum atomic E-state index is 6.25. The normalized spacial score (nSPS) is 39.7. The maximum Gasteiger partial charge on any atom is 0.180 e. The monoisotopic (exact) mass is 260 g/mol. The molecule has 4 atom stereocenters. The quantitative estimate of drug-likeness (QED) is 0.724. The van der Waals surface area contributed by atoms with Gasteiger partial charge in [0.25, 0.3) is 0 Å². The van der Waals surface area contributed by atoms with Crippen LogP contribution in [0, 0.1) is 18.3 Å². The molecule has 4 rings (SSSR count). The van der Waals surface area contributed by atoms with Crippen LogP contribution in [0.1, 0.15) is 42.8 Å². The van der Waals surface area contributed by atoms with E-state index in [1.165, 1.54) is 23.1 Å². The molecule has 1 aromatic rings. The largest absolute Gasteiger partial charge is 0.469 e. The van der Waals surface area contributed by atoms with Gasteiger partial charge in [0.15, 0.2) is 6.29 Å². The second-order valence-corrected chi connectivity index (χ2v) is 6.26. The Morgan fingerprint density at radius 1 is 1.42 bits per heavy atom. The number of hydrogen-bond acceptors (Lipinski definition) is 3. The molecule has 102 valence electrons. The molecule has 0 amide bonds. The zero-order chi connectivity index (χ0) is 13.2. The summed E-state index contributed by atoms with van der Waals surface area (Å²) in [6.07, 6.45) is 7.50. The van der Waals surface area contributed by atoms with Gasteiger partial charge in [-0.2, -0.15) is 0 Å². The summed E-state index contributed by atoms with van der Waals surface area (Å²) in [5.74, 6) is 1.73. The first kappa shape index (κ1) is 11.7. The van der Waals surface area contributed by atoms with Crippen molar-refractivity contribution in [2.45, 2.75) is 45.5 Å². The summed E-state index contributed by atoms with van der Waals surface area (Å²) in [7, 11) is 1.74. The van der Waals surface area contributed by atoms with Crippen LogP contribution in [0.15, 0.2) is 22.3 Å². The molecule has 1 fully saturated rings. The fourth-order valence-corrected chi connectivity index (χ4v) is 4.36. The van der Waals surface area contributed by atoms with Crippen LogP contribution in [0.2, 0.25) is 0 Å². The van der Waals surface area contributed by atoms with Crippen LogP contribution in [0.4, 0.5) is 0 Å². The lowest BCUT2D eigenvalue weighted by molar-refractivity contribution is -0.116. The molecule has 0 unspecified atom stereocenters. The molecule has 0 radical (unpaired) electrons. The lowest BCUT2D eigenvalue weighted by atomic mass is 9.59. The summed E-state index contributed by atoms with van der Waals surface area (Å²) in [4.78, 5) is 0. The van der Waals surface area contributed by atoms with Gasteiger partial charge in [0, 0.05) is 24.5 Å². The molecule has 0 saturated carbocycles. The van der Waals surface area contributed by atoms with Crippen molar-refractivity contribution in [1.82, 2.24) is 0 Å². The lowest BCUT2D eigenvalue weighted by Crippen LogP contribution is -2.39. The minimum Gasteiger partial charge on any atom is -0.469 e. The van der Waals surface area contributed by atoms with Gasteiger partial charge in [-0.3, -0.25) is 0 Å². The van der Waals surface area contributed by atoms with Crippen molar-refractivity contribution in [3.05, 3.63) is 34.8 Å². The Labute approximate surface area is 113 Å². The van der Waals surface area contributed by atoms with Gasteiger partial charge in [0.1, 0.15) is 5.76 Å². The smallest absolute Gasteiger partial charge is 0.180 e. The minimum absolute atomic E-state index is 0.0839. The molecular weight excluding hydrogens is 240 g/mol. The van der Waals surface area contributed by atoms with Crippen LogP contribution in [0.3, 0.4) is 0 Å². The molecular formula is C16H20O3. The summed E-state index contributed by atoms with van der Waals surface area (Å²) in [6, 6.07) is 0. The lowest BCUT2D eigenvalue weighted by Gasteiger charge is -2.44. The van der Waals surface area contributed by atoms with Crippen LogP contribution in [-0.2, 0) is 15.9 Å². The zero-order valence-electron chi connectivity index (χ0n) is 11.7. The van der Waals surface area contributed by atoms with Crippen molar-refractivity contribution in [2.75, 3.05) is 7.11 Å². The van der Waals surface area contributed by atoms with E-state index < -0.39 is 0 Å². The first-order valence-electron chi connectivity index (χ1n) is 7.12. The van der Waals surface area contributed by atoms with Crippen LogP contribution in [0.25, 0.3) is 0 Å². The molecule has 3 nitrogen and oxygen atoms in total. The van der Waals surface area contributed by atoms with Crippen molar-refractivity contribution < 1.29 is 13.9 Å². The first-order valence-corrected chi connectivity index (χ1v) is 7.12. The molecule has 1 aliphatic heterocycles. The summed E-state index contributed by atoms with van der Waals surface area (Å²) >= 11 is 0. The Hall–Kier alpha value is -1.06. The van der Waals surface area contributed by atoms with Crippen LogP contribution < -0.4 is 0 Å². The number of furan rings is 1. The first-order chi connectivity index (χ1) is 9.16. The molecule has 3 aliphatic rings. The second kappa shape index (κ2) is 3.74. The van der Waals surface area contributed by atoms with Gasteiger partial charge in [-0.25, -0.2) is 0 Å². The predicted molar refractivity (Wildman–Crippen MR) is 70.7 cm³/mol. The number of aryl methyl sites for hydroxylation is 1. The van der Waals surface area contributed by atoms with Crippen molar-refractivity contribution >= 4 is 0 Å². The number of hydrogen-bond donors (Lipinski definition) is 0. The SMILES string of the molecule is CO[C@@H]1O[C@H]2c3c(C)coc3C[C@H]3CCC=C1[C@]32C. The van der Waals surface area contributed by atoms with Gasteiger partial charge in [-0.15, -0.1) is 0 Å². The highest BCUT2D eigenvalue weighted by atomic mass is 16.7. The van der Waals surface area contributed by atoms with E-state index in [0.29, 0.717) is 5.92 Å². The van der Waals surface area contributed by atoms with Gasteiger partial charge in [0.05, 0.1) is 12.4 Å². The Bertz CT molecular complexity index is 556. The fraction of sp³-hybridized carbons (Fsp3) is 0.625. The second-order valence-electron chi connectivity index (χ2n) is 6.26. The highest BCUT2D eigenvalue weighted by Crippen LogP contribution is 2.63. The summed E-state index contributed by atoms with van der Waals surface area (Å²) in [5, 5.41) is 0. The van der Waals surface area contributed by atoms with E-state index in [-0.39, 0.29) is 17.8 Å². The molecule has 3 heteroatoms. The topological polar surface area (TPSA) is 31.6 Å². The Balaban J connectivity index is 1.92.